The van der Waals surface area contributed by atoms with E-state index in [1.807, 2.05) is 121 Å². The standard InChI is InChI=1S/C60H38N8/c1-5-18-39(19-6-1)55-61-56(40-20-7-2-8-21-40)64-59(63-55)43-32-34-45(35-33-43)67-49-30-15-13-28-47(49)53-51(67)36-37-52-54(53)48-29-14-16-31-50(48)68(52)46-27-17-26-44(38-46)60-65-57(41-22-9-3-10-23-41)62-58(66-60)42-24-11-4-12-25-42/h1-38H. The van der Waals surface area contributed by atoms with Gasteiger partial charge in [0, 0.05) is 66.3 Å². The highest BCUT2D eigenvalue weighted by Crippen LogP contribution is 2.43. The van der Waals surface area contributed by atoms with E-state index in [2.05, 4.69) is 118 Å². The molecule has 13 aromatic rings. The minimum atomic E-state index is 0.612. The van der Waals surface area contributed by atoms with Crippen LogP contribution < -0.4 is 0 Å². The van der Waals surface area contributed by atoms with Crippen LogP contribution in [0.1, 0.15) is 0 Å². The van der Waals surface area contributed by atoms with Crippen LogP contribution >= 0.6 is 0 Å². The molecule has 8 heteroatoms. The van der Waals surface area contributed by atoms with Crippen molar-refractivity contribution in [1.82, 2.24) is 39.0 Å². The Morgan fingerprint density at radius 3 is 0.956 bits per heavy atom. The zero-order valence-electron chi connectivity index (χ0n) is 36.5. The van der Waals surface area contributed by atoms with Crippen LogP contribution in [-0.2, 0) is 0 Å². The van der Waals surface area contributed by atoms with Crippen molar-refractivity contribution in [3.8, 4) is 79.7 Å². The fourth-order valence-corrected chi connectivity index (χ4v) is 9.49. The van der Waals surface area contributed by atoms with Gasteiger partial charge in [-0.2, -0.15) is 0 Å². The van der Waals surface area contributed by atoms with Gasteiger partial charge in [0.15, 0.2) is 34.9 Å². The van der Waals surface area contributed by atoms with E-state index < -0.39 is 0 Å². The van der Waals surface area contributed by atoms with Crippen molar-refractivity contribution < 1.29 is 0 Å². The summed E-state index contributed by atoms with van der Waals surface area (Å²) in [5, 5.41) is 4.74. The van der Waals surface area contributed by atoms with Crippen LogP contribution in [0.15, 0.2) is 231 Å². The molecule has 0 amide bonds. The second kappa shape index (κ2) is 16.2. The predicted octanol–water partition coefficient (Wildman–Crippen LogP) is 14.3. The van der Waals surface area contributed by atoms with Crippen LogP contribution in [0.2, 0.25) is 0 Å². The lowest BCUT2D eigenvalue weighted by molar-refractivity contribution is 1.07. The zero-order valence-corrected chi connectivity index (χ0v) is 36.5. The van der Waals surface area contributed by atoms with Gasteiger partial charge in [-0.05, 0) is 60.7 Å². The molecule has 4 heterocycles. The third-order valence-corrected chi connectivity index (χ3v) is 12.6. The molecule has 13 rings (SSSR count). The lowest BCUT2D eigenvalue weighted by Gasteiger charge is -2.12. The first-order valence-corrected chi connectivity index (χ1v) is 22.6. The molecular formula is C60H38N8. The largest absolute Gasteiger partial charge is 0.309 e. The van der Waals surface area contributed by atoms with Crippen molar-refractivity contribution in [3.63, 3.8) is 0 Å². The summed E-state index contributed by atoms with van der Waals surface area (Å²) in [5.74, 6) is 3.76. The first kappa shape index (κ1) is 39.0. The Kier molecular flexibility index (Phi) is 9.31. The first-order chi connectivity index (χ1) is 33.7. The third kappa shape index (κ3) is 6.70. The van der Waals surface area contributed by atoms with Gasteiger partial charge in [-0.25, -0.2) is 29.9 Å². The van der Waals surface area contributed by atoms with E-state index >= 15 is 0 Å². The minimum Gasteiger partial charge on any atom is -0.309 e. The zero-order chi connectivity index (χ0) is 45.0. The molecule has 4 aromatic heterocycles. The number of fused-ring (bicyclic) bond motifs is 7. The quantitative estimate of drug-likeness (QED) is 0.151. The van der Waals surface area contributed by atoms with E-state index in [0.29, 0.717) is 34.9 Å². The van der Waals surface area contributed by atoms with Gasteiger partial charge in [0.05, 0.1) is 22.1 Å². The van der Waals surface area contributed by atoms with Crippen LogP contribution in [0.3, 0.4) is 0 Å². The van der Waals surface area contributed by atoms with E-state index in [9.17, 15) is 0 Å². The van der Waals surface area contributed by atoms with Crippen molar-refractivity contribution in [1.29, 1.82) is 0 Å². The number of hydrogen-bond acceptors (Lipinski definition) is 6. The Hall–Kier alpha value is -9.40. The maximum Gasteiger partial charge on any atom is 0.164 e. The number of benzene rings is 9. The van der Waals surface area contributed by atoms with Gasteiger partial charge in [0.1, 0.15) is 0 Å². The van der Waals surface area contributed by atoms with E-state index in [0.717, 1.165) is 66.8 Å². The monoisotopic (exact) mass is 870 g/mol. The highest BCUT2D eigenvalue weighted by atomic mass is 15.1. The Bertz CT molecular complexity index is 3880. The Morgan fingerprint density at radius 2 is 0.544 bits per heavy atom. The fraction of sp³-hybridized carbons (Fsp3) is 0. The lowest BCUT2D eigenvalue weighted by atomic mass is 10.1. The molecular weight excluding hydrogens is 833 g/mol. The Balaban J connectivity index is 0.952. The molecule has 0 bridgehead atoms. The summed E-state index contributed by atoms with van der Waals surface area (Å²) in [4.78, 5) is 30.0. The highest BCUT2D eigenvalue weighted by Gasteiger charge is 2.22. The predicted molar refractivity (Wildman–Crippen MR) is 275 cm³/mol. The summed E-state index contributed by atoms with van der Waals surface area (Å²) in [5.41, 5.74) is 12.1. The summed E-state index contributed by atoms with van der Waals surface area (Å²) in [6, 6.07) is 79.4. The van der Waals surface area contributed by atoms with E-state index in [1.165, 1.54) is 21.5 Å². The first-order valence-electron chi connectivity index (χ1n) is 22.6. The molecule has 0 radical (unpaired) electrons. The number of hydrogen-bond donors (Lipinski definition) is 0. The Labute approximate surface area is 391 Å². The third-order valence-electron chi connectivity index (χ3n) is 12.6. The summed E-state index contributed by atoms with van der Waals surface area (Å²) in [6.45, 7) is 0. The molecule has 8 nitrogen and oxygen atoms in total. The highest BCUT2D eigenvalue weighted by molar-refractivity contribution is 6.29. The van der Waals surface area contributed by atoms with Crippen molar-refractivity contribution in [2.75, 3.05) is 0 Å². The van der Waals surface area contributed by atoms with Crippen LogP contribution in [0, 0.1) is 0 Å². The molecule has 0 N–H and O–H groups in total. The van der Waals surface area contributed by atoms with Crippen molar-refractivity contribution in [3.05, 3.63) is 231 Å². The average molecular weight is 871 g/mol. The van der Waals surface area contributed by atoms with Gasteiger partial charge in [-0.3, -0.25) is 0 Å². The average Bonchev–Trinajstić information content (AvgIpc) is 3.95. The van der Waals surface area contributed by atoms with Crippen molar-refractivity contribution in [2.45, 2.75) is 0 Å². The summed E-state index contributed by atoms with van der Waals surface area (Å²) >= 11 is 0. The van der Waals surface area contributed by atoms with Gasteiger partial charge < -0.3 is 9.13 Å². The maximum atomic E-state index is 5.06. The van der Waals surface area contributed by atoms with Gasteiger partial charge in [0.25, 0.3) is 0 Å². The van der Waals surface area contributed by atoms with Crippen LogP contribution in [-0.4, -0.2) is 39.0 Å². The summed E-state index contributed by atoms with van der Waals surface area (Å²) < 4.78 is 4.74. The molecule has 0 fully saturated rings. The molecule has 0 unspecified atom stereocenters. The maximum absolute atomic E-state index is 5.06. The number of nitrogens with zero attached hydrogens (tertiary/aromatic N) is 8. The molecule has 0 atom stereocenters. The molecule has 0 aliphatic carbocycles. The fourth-order valence-electron chi connectivity index (χ4n) is 9.49. The van der Waals surface area contributed by atoms with Crippen LogP contribution in [0.4, 0.5) is 0 Å². The molecule has 318 valence electrons. The SMILES string of the molecule is c1ccc(-c2nc(-c3ccccc3)nc(-c3ccc(-n4c5ccccc5c5c6c7ccccc7n(-c7cccc(-c8nc(-c9ccccc9)nc(-c9ccccc9)n8)c7)c6ccc54)cc3)n2)cc1. The molecule has 0 aliphatic heterocycles. The van der Waals surface area contributed by atoms with E-state index in [-0.39, 0.29) is 0 Å². The smallest absolute Gasteiger partial charge is 0.164 e. The summed E-state index contributed by atoms with van der Waals surface area (Å²) in [6.07, 6.45) is 0. The van der Waals surface area contributed by atoms with Gasteiger partial charge >= 0.3 is 0 Å². The second-order valence-corrected chi connectivity index (χ2v) is 16.7. The molecule has 0 saturated carbocycles. The van der Waals surface area contributed by atoms with Crippen LogP contribution in [0.5, 0.6) is 0 Å². The minimum absolute atomic E-state index is 0.612. The van der Waals surface area contributed by atoms with Crippen LogP contribution in [0.25, 0.3) is 123 Å². The Morgan fingerprint density at radius 1 is 0.221 bits per heavy atom. The number of aromatic nitrogens is 8. The van der Waals surface area contributed by atoms with Crippen molar-refractivity contribution >= 4 is 43.6 Å². The van der Waals surface area contributed by atoms with Gasteiger partial charge in [-0.1, -0.05) is 170 Å². The second-order valence-electron chi connectivity index (χ2n) is 16.7. The molecule has 68 heavy (non-hydrogen) atoms. The summed E-state index contributed by atoms with van der Waals surface area (Å²) in [7, 11) is 0. The topological polar surface area (TPSA) is 87.2 Å². The van der Waals surface area contributed by atoms with E-state index in [4.69, 9.17) is 29.9 Å². The molecule has 0 saturated heterocycles. The molecule has 0 spiro atoms. The molecule has 0 aliphatic rings. The van der Waals surface area contributed by atoms with Gasteiger partial charge in [0.2, 0.25) is 0 Å². The van der Waals surface area contributed by atoms with Gasteiger partial charge in [-0.15, -0.1) is 0 Å². The number of para-hydroxylation sites is 2. The molecule has 9 aromatic carbocycles. The lowest BCUT2D eigenvalue weighted by Crippen LogP contribution is -2.01. The van der Waals surface area contributed by atoms with E-state index in [1.54, 1.807) is 0 Å². The normalized spacial score (nSPS) is 11.5. The number of rotatable bonds is 8. The van der Waals surface area contributed by atoms with Crippen molar-refractivity contribution in [2.24, 2.45) is 0 Å².